The fourth-order valence-corrected chi connectivity index (χ4v) is 3.10. The second kappa shape index (κ2) is 8.42. The van der Waals surface area contributed by atoms with Crippen LogP contribution in [0, 0.1) is 5.82 Å². The monoisotopic (exact) mass is 461 g/mol. The number of hydrogen-bond acceptors (Lipinski definition) is 6. The van der Waals surface area contributed by atoms with Gasteiger partial charge in [0, 0.05) is 25.4 Å². The van der Waals surface area contributed by atoms with Crippen LogP contribution in [-0.4, -0.2) is 31.1 Å². The van der Waals surface area contributed by atoms with Gasteiger partial charge < -0.3 is 10.6 Å². The number of carbonyl (C=O) groups is 1. The van der Waals surface area contributed by atoms with Crippen molar-refractivity contribution in [2.75, 3.05) is 5.32 Å². The van der Waals surface area contributed by atoms with Crippen molar-refractivity contribution >= 4 is 40.0 Å². The van der Waals surface area contributed by atoms with Crippen LogP contribution in [0.3, 0.4) is 0 Å². The van der Waals surface area contributed by atoms with Gasteiger partial charge in [-0.2, -0.15) is 13.9 Å². The number of nitrogens with one attached hydrogen (secondary N) is 3. The number of aromatic nitrogens is 5. The highest BCUT2D eigenvalue weighted by atomic mass is 35.5. The van der Waals surface area contributed by atoms with Crippen molar-refractivity contribution in [1.82, 2.24) is 30.5 Å². The Kier molecular flexibility index (Phi) is 5.66. The van der Waals surface area contributed by atoms with Gasteiger partial charge in [0.2, 0.25) is 0 Å². The zero-order chi connectivity index (χ0) is 22.9. The van der Waals surface area contributed by atoms with E-state index in [4.69, 9.17) is 11.6 Å². The average molecular weight is 462 g/mol. The molecule has 0 atom stereocenters. The lowest BCUT2D eigenvalue weighted by atomic mass is 10.2. The lowest BCUT2D eigenvalue weighted by molar-refractivity contribution is 0.0128. The molecule has 164 valence electrons. The number of carbonyl (C=O) groups excluding carboxylic acids is 1. The van der Waals surface area contributed by atoms with Crippen LogP contribution in [0.25, 0.3) is 11.0 Å². The van der Waals surface area contributed by atoms with Crippen molar-refractivity contribution in [3.63, 3.8) is 0 Å². The van der Waals surface area contributed by atoms with Crippen LogP contribution in [0.15, 0.2) is 42.9 Å². The molecule has 1 amide bonds. The summed E-state index contributed by atoms with van der Waals surface area (Å²) in [6.45, 7) is 0.843. The molecule has 0 spiro atoms. The van der Waals surface area contributed by atoms with Crippen molar-refractivity contribution < 1.29 is 18.0 Å². The number of aromatic amines is 1. The molecule has 32 heavy (non-hydrogen) atoms. The van der Waals surface area contributed by atoms with E-state index in [0.29, 0.717) is 11.3 Å². The van der Waals surface area contributed by atoms with Gasteiger partial charge in [0.05, 0.1) is 5.02 Å². The molecule has 3 aromatic heterocycles. The van der Waals surface area contributed by atoms with E-state index in [-0.39, 0.29) is 34.1 Å². The summed E-state index contributed by atoms with van der Waals surface area (Å²) in [5.41, 5.74) is 1.08. The van der Waals surface area contributed by atoms with Crippen molar-refractivity contribution in [2.24, 2.45) is 0 Å². The highest BCUT2D eigenvalue weighted by Crippen LogP contribution is 2.29. The largest absolute Gasteiger partial charge is 0.347 e. The smallest absolute Gasteiger partial charge is 0.287 e. The molecular formula is C20H15ClF3N7O. The van der Waals surface area contributed by atoms with Gasteiger partial charge in [-0.15, -0.1) is 0 Å². The van der Waals surface area contributed by atoms with E-state index >= 15 is 0 Å². The SMILES string of the molecule is CC(F)(F)c1cc(Nc2n[nH]c3c(C(=O)NCc4ccc(F)c(Cl)c4)ncnc23)ccn1. The van der Waals surface area contributed by atoms with Gasteiger partial charge in [-0.3, -0.25) is 14.9 Å². The van der Waals surface area contributed by atoms with Crippen LogP contribution < -0.4 is 10.6 Å². The van der Waals surface area contributed by atoms with E-state index < -0.39 is 23.3 Å². The van der Waals surface area contributed by atoms with E-state index in [0.717, 1.165) is 6.92 Å². The minimum Gasteiger partial charge on any atom is -0.347 e. The number of nitrogens with zero attached hydrogens (tertiary/aromatic N) is 4. The number of alkyl halides is 2. The molecule has 0 radical (unpaired) electrons. The maximum atomic E-state index is 13.5. The standard InChI is InChI=1S/C20H15ClF3N7O/c1-20(23,24)14-7-11(4-5-25-14)29-18-16-15(30-31-18)17(28-9-27-16)19(32)26-8-10-2-3-13(22)12(21)6-10/h2-7,9H,8H2,1H3,(H,26,32)(H2,25,29,30,31). The van der Waals surface area contributed by atoms with Crippen LogP contribution in [0.2, 0.25) is 5.02 Å². The van der Waals surface area contributed by atoms with Crippen LogP contribution in [-0.2, 0) is 12.5 Å². The molecule has 1 aromatic carbocycles. The fraction of sp³-hybridized carbons (Fsp3) is 0.150. The first kappa shape index (κ1) is 21.5. The summed E-state index contributed by atoms with van der Waals surface area (Å²) in [5, 5.41) is 12.3. The van der Waals surface area contributed by atoms with E-state index in [9.17, 15) is 18.0 Å². The number of pyridine rings is 1. The van der Waals surface area contributed by atoms with Crippen LogP contribution in [0.5, 0.6) is 0 Å². The Hall–Kier alpha value is -3.73. The molecule has 12 heteroatoms. The highest BCUT2D eigenvalue weighted by Gasteiger charge is 2.26. The third-order valence-corrected chi connectivity index (χ3v) is 4.77. The van der Waals surface area contributed by atoms with Gasteiger partial charge >= 0.3 is 0 Å². The summed E-state index contributed by atoms with van der Waals surface area (Å²) in [6, 6.07) is 6.81. The Bertz CT molecular complexity index is 1310. The molecule has 8 nitrogen and oxygen atoms in total. The third-order valence-electron chi connectivity index (χ3n) is 4.48. The minimum atomic E-state index is -3.10. The Morgan fingerprint density at radius 1 is 1.19 bits per heavy atom. The molecule has 0 bridgehead atoms. The minimum absolute atomic E-state index is 0.0271. The molecule has 4 rings (SSSR count). The summed E-state index contributed by atoms with van der Waals surface area (Å²) in [6.07, 6.45) is 2.43. The number of amides is 1. The molecule has 0 aliphatic carbocycles. The predicted octanol–water partition coefficient (Wildman–Crippen LogP) is 4.33. The lowest BCUT2D eigenvalue weighted by Gasteiger charge is -2.11. The molecule has 0 aliphatic rings. The molecule has 0 aliphatic heterocycles. The molecule has 4 aromatic rings. The Labute approximate surface area is 184 Å². The Morgan fingerprint density at radius 3 is 2.75 bits per heavy atom. The highest BCUT2D eigenvalue weighted by molar-refractivity contribution is 6.30. The van der Waals surface area contributed by atoms with Gasteiger partial charge in [0.1, 0.15) is 28.9 Å². The molecule has 3 N–H and O–H groups in total. The van der Waals surface area contributed by atoms with E-state index in [1.807, 2.05) is 0 Å². The molecule has 3 heterocycles. The first-order valence-electron chi connectivity index (χ1n) is 9.25. The Balaban J connectivity index is 1.55. The lowest BCUT2D eigenvalue weighted by Crippen LogP contribution is -2.24. The molecule has 0 saturated heterocycles. The quantitative estimate of drug-likeness (QED) is 0.394. The molecule has 0 saturated carbocycles. The van der Waals surface area contributed by atoms with Crippen molar-refractivity contribution in [3.05, 3.63) is 70.6 Å². The fourth-order valence-electron chi connectivity index (χ4n) is 2.90. The maximum absolute atomic E-state index is 13.5. The van der Waals surface area contributed by atoms with Gasteiger partial charge in [-0.1, -0.05) is 17.7 Å². The average Bonchev–Trinajstić information content (AvgIpc) is 3.17. The van der Waals surface area contributed by atoms with Gasteiger partial charge in [0.25, 0.3) is 11.8 Å². The normalized spacial score (nSPS) is 11.5. The summed E-state index contributed by atoms with van der Waals surface area (Å²) < 4.78 is 40.4. The number of halogens is 4. The number of anilines is 2. The maximum Gasteiger partial charge on any atom is 0.287 e. The van der Waals surface area contributed by atoms with Crippen molar-refractivity contribution in [1.29, 1.82) is 0 Å². The summed E-state index contributed by atoms with van der Waals surface area (Å²) in [4.78, 5) is 24.4. The molecule has 0 fully saturated rings. The summed E-state index contributed by atoms with van der Waals surface area (Å²) in [7, 11) is 0. The number of H-pyrrole nitrogens is 1. The number of fused-ring (bicyclic) bond motifs is 1. The zero-order valence-corrected chi connectivity index (χ0v) is 17.2. The topological polar surface area (TPSA) is 108 Å². The number of rotatable bonds is 6. The molecule has 0 unspecified atom stereocenters. The van der Waals surface area contributed by atoms with Crippen LogP contribution in [0.4, 0.5) is 24.7 Å². The van der Waals surface area contributed by atoms with Crippen molar-refractivity contribution in [3.8, 4) is 0 Å². The second-order valence-electron chi connectivity index (χ2n) is 6.89. The van der Waals surface area contributed by atoms with Crippen LogP contribution in [0.1, 0.15) is 28.7 Å². The number of hydrogen-bond donors (Lipinski definition) is 3. The van der Waals surface area contributed by atoms with E-state index in [1.54, 1.807) is 0 Å². The summed E-state index contributed by atoms with van der Waals surface area (Å²) in [5.74, 6) is -3.96. The Morgan fingerprint density at radius 2 is 2.00 bits per heavy atom. The second-order valence-corrected chi connectivity index (χ2v) is 7.30. The molecular weight excluding hydrogens is 447 g/mol. The third kappa shape index (κ3) is 4.47. The van der Waals surface area contributed by atoms with Gasteiger partial charge in [0.15, 0.2) is 11.5 Å². The van der Waals surface area contributed by atoms with E-state index in [1.165, 1.54) is 42.9 Å². The van der Waals surface area contributed by atoms with Gasteiger partial charge in [-0.25, -0.2) is 14.4 Å². The number of benzene rings is 1. The predicted molar refractivity (Wildman–Crippen MR) is 111 cm³/mol. The first-order valence-corrected chi connectivity index (χ1v) is 9.63. The first-order chi connectivity index (χ1) is 15.2. The van der Waals surface area contributed by atoms with Gasteiger partial charge in [-0.05, 0) is 29.8 Å². The summed E-state index contributed by atoms with van der Waals surface area (Å²) >= 11 is 5.75. The zero-order valence-electron chi connectivity index (χ0n) is 16.5. The van der Waals surface area contributed by atoms with Crippen molar-refractivity contribution in [2.45, 2.75) is 19.4 Å². The van der Waals surface area contributed by atoms with E-state index in [2.05, 4.69) is 35.8 Å². The van der Waals surface area contributed by atoms with Crippen LogP contribution >= 0.6 is 11.6 Å².